The second-order valence-electron chi connectivity index (χ2n) is 4.63. The van der Waals surface area contributed by atoms with Crippen LogP contribution in [0, 0.1) is 0 Å². The van der Waals surface area contributed by atoms with Gasteiger partial charge in [0.2, 0.25) is 0 Å². The molecule has 0 amide bonds. The molecule has 2 aromatic rings. The van der Waals surface area contributed by atoms with Gasteiger partial charge in [0.15, 0.2) is 0 Å². The van der Waals surface area contributed by atoms with E-state index in [1.165, 1.54) is 10.4 Å². The molecule has 2 nitrogen and oxygen atoms in total. The third kappa shape index (κ3) is 2.44. The average Bonchev–Trinajstić information content (AvgIpc) is 2.76. The van der Waals surface area contributed by atoms with Gasteiger partial charge in [-0.1, -0.05) is 23.7 Å². The number of nitrogens with zero attached hydrogens (tertiary/aromatic N) is 1. The molecule has 1 atom stereocenters. The zero-order valence-electron chi connectivity index (χ0n) is 9.90. The monoisotopic (exact) mass is 279 g/mol. The maximum Gasteiger partial charge on any atom is 0.0976 e. The molecule has 0 aliphatic heterocycles. The third-order valence-electron chi connectivity index (χ3n) is 3.24. The number of fused-ring (bicyclic) bond motifs is 1. The lowest BCUT2D eigenvalue weighted by Gasteiger charge is -2.14. The Morgan fingerprint density at radius 1 is 1.33 bits per heavy atom. The van der Waals surface area contributed by atoms with E-state index in [1.54, 1.807) is 11.3 Å². The summed E-state index contributed by atoms with van der Waals surface area (Å²) >= 11 is 7.60. The Hall–Kier alpha value is -0.900. The molecule has 3 rings (SSSR count). The summed E-state index contributed by atoms with van der Waals surface area (Å²) in [6.45, 7) is 0. The van der Waals surface area contributed by atoms with Crippen molar-refractivity contribution in [2.75, 3.05) is 0 Å². The van der Waals surface area contributed by atoms with Gasteiger partial charge in [0.05, 0.1) is 16.8 Å². The van der Waals surface area contributed by atoms with Crippen LogP contribution in [0.3, 0.4) is 0 Å². The van der Waals surface area contributed by atoms with Crippen LogP contribution in [0.5, 0.6) is 0 Å². The van der Waals surface area contributed by atoms with E-state index >= 15 is 0 Å². The van der Waals surface area contributed by atoms with Crippen LogP contribution in [-0.4, -0.2) is 10.1 Å². The molecule has 0 bridgehead atoms. The lowest BCUT2D eigenvalue weighted by Crippen LogP contribution is -2.07. The summed E-state index contributed by atoms with van der Waals surface area (Å²) in [5, 5.41) is 11.7. The van der Waals surface area contributed by atoms with Crippen LogP contribution in [0.4, 0.5) is 0 Å². The molecule has 0 saturated heterocycles. The molecular weight excluding hydrogens is 266 g/mol. The van der Waals surface area contributed by atoms with Crippen molar-refractivity contribution in [1.82, 2.24) is 4.98 Å². The zero-order chi connectivity index (χ0) is 12.5. The van der Waals surface area contributed by atoms with Gasteiger partial charge in [0.1, 0.15) is 0 Å². The maximum atomic E-state index is 9.90. The van der Waals surface area contributed by atoms with E-state index in [4.69, 9.17) is 11.6 Å². The standard InChI is InChI=1S/C14H14ClNOS/c15-10-6-4-9(5-7-10)8-13-16-14-11(17)2-1-3-12(14)18-13/h4-7,11,17H,1-3,8H2. The van der Waals surface area contributed by atoms with Crippen molar-refractivity contribution in [3.05, 3.63) is 50.4 Å². The topological polar surface area (TPSA) is 33.1 Å². The molecule has 18 heavy (non-hydrogen) atoms. The minimum absolute atomic E-state index is 0.357. The number of halogens is 1. The Kier molecular flexibility index (Phi) is 3.37. The molecule has 1 aromatic heterocycles. The Bertz CT molecular complexity index is 549. The zero-order valence-corrected chi connectivity index (χ0v) is 11.5. The fraction of sp³-hybridized carbons (Fsp3) is 0.357. The molecule has 4 heteroatoms. The number of hydrogen-bond acceptors (Lipinski definition) is 3. The number of aromatic nitrogens is 1. The number of aliphatic hydroxyl groups excluding tert-OH is 1. The van der Waals surface area contributed by atoms with Crippen LogP contribution in [0.2, 0.25) is 5.02 Å². The van der Waals surface area contributed by atoms with Crippen molar-refractivity contribution in [3.8, 4) is 0 Å². The van der Waals surface area contributed by atoms with Crippen LogP contribution >= 0.6 is 22.9 Å². The van der Waals surface area contributed by atoms with E-state index in [-0.39, 0.29) is 6.10 Å². The summed E-state index contributed by atoms with van der Waals surface area (Å²) in [6.07, 6.45) is 3.43. The van der Waals surface area contributed by atoms with Gasteiger partial charge in [-0.15, -0.1) is 11.3 Å². The van der Waals surface area contributed by atoms with Crippen molar-refractivity contribution in [2.45, 2.75) is 31.8 Å². The summed E-state index contributed by atoms with van der Waals surface area (Å²) in [7, 11) is 0. The fourth-order valence-electron chi connectivity index (χ4n) is 2.30. The van der Waals surface area contributed by atoms with Crippen molar-refractivity contribution in [1.29, 1.82) is 0 Å². The van der Waals surface area contributed by atoms with E-state index in [0.717, 1.165) is 41.4 Å². The molecule has 0 radical (unpaired) electrons. The second-order valence-corrected chi connectivity index (χ2v) is 6.23. The van der Waals surface area contributed by atoms with Gasteiger partial charge in [-0.25, -0.2) is 4.98 Å². The average molecular weight is 280 g/mol. The lowest BCUT2D eigenvalue weighted by molar-refractivity contribution is 0.153. The Labute approximate surface area is 115 Å². The molecule has 1 heterocycles. The van der Waals surface area contributed by atoms with E-state index < -0.39 is 0 Å². The van der Waals surface area contributed by atoms with E-state index in [2.05, 4.69) is 4.98 Å². The summed E-state index contributed by atoms with van der Waals surface area (Å²) in [4.78, 5) is 5.85. The quantitative estimate of drug-likeness (QED) is 0.908. The van der Waals surface area contributed by atoms with Gasteiger partial charge < -0.3 is 5.11 Å². The lowest BCUT2D eigenvalue weighted by atomic mass is 10.0. The minimum atomic E-state index is -0.357. The number of thiazole rings is 1. The molecule has 1 N–H and O–H groups in total. The molecule has 1 aromatic carbocycles. The van der Waals surface area contributed by atoms with Gasteiger partial charge in [-0.3, -0.25) is 0 Å². The second kappa shape index (κ2) is 5.00. The van der Waals surface area contributed by atoms with Crippen molar-refractivity contribution < 1.29 is 5.11 Å². The minimum Gasteiger partial charge on any atom is -0.387 e. The number of hydrogen-bond donors (Lipinski definition) is 1. The summed E-state index contributed by atoms with van der Waals surface area (Å²) in [5.74, 6) is 0. The summed E-state index contributed by atoms with van der Waals surface area (Å²) < 4.78 is 0. The molecular formula is C14H14ClNOS. The first-order valence-corrected chi connectivity index (χ1v) is 7.33. The van der Waals surface area contributed by atoms with Crippen molar-refractivity contribution in [2.24, 2.45) is 0 Å². The van der Waals surface area contributed by atoms with Gasteiger partial charge >= 0.3 is 0 Å². The SMILES string of the molecule is OC1CCCc2sc(Cc3ccc(Cl)cc3)nc21. The predicted octanol–water partition coefficient (Wildman–Crippen LogP) is 3.76. The largest absolute Gasteiger partial charge is 0.387 e. The van der Waals surface area contributed by atoms with Crippen LogP contribution in [-0.2, 0) is 12.8 Å². The highest BCUT2D eigenvalue weighted by atomic mass is 35.5. The maximum absolute atomic E-state index is 9.90. The van der Waals surface area contributed by atoms with Gasteiger partial charge in [0.25, 0.3) is 0 Å². The first-order valence-electron chi connectivity index (χ1n) is 6.13. The summed E-state index contributed by atoms with van der Waals surface area (Å²) in [5.41, 5.74) is 2.12. The first-order chi connectivity index (χ1) is 8.72. The van der Waals surface area contributed by atoms with E-state index in [9.17, 15) is 5.11 Å². The predicted molar refractivity (Wildman–Crippen MR) is 74.3 cm³/mol. The third-order valence-corrected chi connectivity index (χ3v) is 4.62. The first kappa shape index (κ1) is 12.2. The molecule has 0 fully saturated rings. The van der Waals surface area contributed by atoms with Crippen LogP contribution in [0.1, 0.15) is 40.1 Å². The van der Waals surface area contributed by atoms with Crippen molar-refractivity contribution >= 4 is 22.9 Å². The highest BCUT2D eigenvalue weighted by Crippen LogP contribution is 2.33. The van der Waals surface area contributed by atoms with Gasteiger partial charge in [-0.05, 0) is 37.0 Å². The fourth-order valence-corrected chi connectivity index (χ4v) is 3.62. The van der Waals surface area contributed by atoms with Crippen LogP contribution in [0.25, 0.3) is 0 Å². The van der Waals surface area contributed by atoms with E-state index in [0.29, 0.717) is 0 Å². The Balaban J connectivity index is 1.83. The van der Waals surface area contributed by atoms with Crippen molar-refractivity contribution in [3.63, 3.8) is 0 Å². The smallest absolute Gasteiger partial charge is 0.0976 e. The van der Waals surface area contributed by atoms with Crippen LogP contribution < -0.4 is 0 Å². The van der Waals surface area contributed by atoms with E-state index in [1.807, 2.05) is 24.3 Å². The van der Waals surface area contributed by atoms with Crippen LogP contribution in [0.15, 0.2) is 24.3 Å². The molecule has 94 valence electrons. The molecule has 0 saturated carbocycles. The number of benzene rings is 1. The number of rotatable bonds is 2. The number of aryl methyl sites for hydroxylation is 1. The molecule has 1 unspecified atom stereocenters. The Morgan fingerprint density at radius 3 is 2.83 bits per heavy atom. The normalized spacial score (nSPS) is 18.7. The van der Waals surface area contributed by atoms with Gasteiger partial charge in [-0.2, -0.15) is 0 Å². The Morgan fingerprint density at radius 2 is 2.11 bits per heavy atom. The highest BCUT2D eigenvalue weighted by molar-refractivity contribution is 7.11. The highest BCUT2D eigenvalue weighted by Gasteiger charge is 2.22. The molecule has 0 spiro atoms. The summed E-state index contributed by atoms with van der Waals surface area (Å²) in [6, 6.07) is 7.86. The molecule has 1 aliphatic rings. The molecule has 1 aliphatic carbocycles. The number of aliphatic hydroxyl groups is 1. The van der Waals surface area contributed by atoms with Gasteiger partial charge in [0, 0.05) is 16.3 Å².